The Morgan fingerprint density at radius 3 is 2.60 bits per heavy atom. The Labute approximate surface area is 121 Å². The molecule has 1 N–H and O–H groups in total. The van der Waals surface area contributed by atoms with E-state index in [0.29, 0.717) is 16.6 Å². The molecule has 1 heterocycles. The van der Waals surface area contributed by atoms with Crippen LogP contribution in [0.15, 0.2) is 23.7 Å². The highest BCUT2D eigenvalue weighted by molar-refractivity contribution is 7.13. The van der Waals surface area contributed by atoms with E-state index in [-0.39, 0.29) is 12.3 Å². The van der Waals surface area contributed by atoms with E-state index in [1.54, 1.807) is 20.4 Å². The molecule has 106 valence electrons. The Bertz CT molecular complexity index is 597. The summed E-state index contributed by atoms with van der Waals surface area (Å²) in [7, 11) is 3.17. The SMILES string of the molecule is COc1cc(C)c(CC(=O)Nc2nccs2)cc1OC. The summed E-state index contributed by atoms with van der Waals surface area (Å²) in [6.45, 7) is 1.94. The van der Waals surface area contributed by atoms with E-state index in [1.165, 1.54) is 11.3 Å². The topological polar surface area (TPSA) is 60.5 Å². The Morgan fingerprint density at radius 1 is 1.30 bits per heavy atom. The van der Waals surface area contributed by atoms with Gasteiger partial charge in [-0.1, -0.05) is 0 Å². The maximum Gasteiger partial charge on any atom is 0.230 e. The van der Waals surface area contributed by atoms with Crippen LogP contribution in [0.4, 0.5) is 5.13 Å². The number of hydrogen-bond acceptors (Lipinski definition) is 5. The van der Waals surface area contributed by atoms with Crippen molar-refractivity contribution >= 4 is 22.4 Å². The number of nitrogens with zero attached hydrogens (tertiary/aromatic N) is 1. The van der Waals surface area contributed by atoms with Gasteiger partial charge in [0.2, 0.25) is 5.91 Å². The number of nitrogens with one attached hydrogen (secondary N) is 1. The first kappa shape index (κ1) is 14.3. The van der Waals surface area contributed by atoms with Crippen LogP contribution in [0.5, 0.6) is 11.5 Å². The molecule has 0 atom stereocenters. The summed E-state index contributed by atoms with van der Waals surface area (Å²) in [5, 5.41) is 5.18. The van der Waals surface area contributed by atoms with Gasteiger partial charge in [0.1, 0.15) is 0 Å². The summed E-state index contributed by atoms with van der Waals surface area (Å²) < 4.78 is 10.5. The van der Waals surface area contributed by atoms with Crippen molar-refractivity contribution in [3.05, 3.63) is 34.8 Å². The fourth-order valence-corrected chi connectivity index (χ4v) is 2.38. The lowest BCUT2D eigenvalue weighted by atomic mass is 10.0. The third-order valence-electron chi connectivity index (χ3n) is 2.87. The monoisotopic (exact) mass is 292 g/mol. The van der Waals surface area contributed by atoms with Gasteiger partial charge < -0.3 is 14.8 Å². The Morgan fingerprint density at radius 2 is 2.00 bits per heavy atom. The number of rotatable bonds is 5. The zero-order valence-electron chi connectivity index (χ0n) is 11.6. The number of benzene rings is 1. The van der Waals surface area contributed by atoms with Crippen LogP contribution in [0.25, 0.3) is 0 Å². The number of thiazole rings is 1. The molecule has 6 heteroatoms. The number of anilines is 1. The van der Waals surface area contributed by atoms with Crippen LogP contribution < -0.4 is 14.8 Å². The minimum Gasteiger partial charge on any atom is -0.493 e. The Hall–Kier alpha value is -2.08. The maximum atomic E-state index is 12.0. The van der Waals surface area contributed by atoms with Gasteiger partial charge in [0, 0.05) is 11.6 Å². The van der Waals surface area contributed by atoms with Crippen LogP contribution >= 0.6 is 11.3 Å². The second kappa shape index (κ2) is 6.38. The zero-order chi connectivity index (χ0) is 14.5. The molecule has 0 fully saturated rings. The second-order valence-electron chi connectivity index (χ2n) is 4.20. The number of methoxy groups -OCH3 is 2. The van der Waals surface area contributed by atoms with Crippen LogP contribution in [-0.2, 0) is 11.2 Å². The van der Waals surface area contributed by atoms with Crippen molar-refractivity contribution in [2.24, 2.45) is 0 Å². The number of aryl methyl sites for hydroxylation is 1. The van der Waals surface area contributed by atoms with Gasteiger partial charge in [0.25, 0.3) is 0 Å². The van der Waals surface area contributed by atoms with E-state index in [0.717, 1.165) is 11.1 Å². The summed E-state index contributed by atoms with van der Waals surface area (Å²) in [5.41, 5.74) is 1.88. The summed E-state index contributed by atoms with van der Waals surface area (Å²) >= 11 is 1.39. The van der Waals surface area contributed by atoms with E-state index in [2.05, 4.69) is 10.3 Å². The number of amides is 1. The molecule has 0 unspecified atom stereocenters. The van der Waals surface area contributed by atoms with Crippen LogP contribution in [0.2, 0.25) is 0 Å². The zero-order valence-corrected chi connectivity index (χ0v) is 12.4. The van der Waals surface area contributed by atoms with Gasteiger partial charge in [0.05, 0.1) is 20.6 Å². The molecule has 2 rings (SSSR count). The average molecular weight is 292 g/mol. The Kier molecular flexibility index (Phi) is 4.57. The van der Waals surface area contributed by atoms with Crippen LogP contribution in [0, 0.1) is 6.92 Å². The lowest BCUT2D eigenvalue weighted by Crippen LogP contribution is -2.15. The third-order valence-corrected chi connectivity index (χ3v) is 3.56. The number of ether oxygens (including phenoxy) is 2. The molecule has 0 bridgehead atoms. The number of carbonyl (C=O) groups excluding carboxylic acids is 1. The fraction of sp³-hybridized carbons (Fsp3) is 0.286. The van der Waals surface area contributed by atoms with E-state index in [1.807, 2.05) is 24.4 Å². The molecule has 0 saturated heterocycles. The highest BCUT2D eigenvalue weighted by Crippen LogP contribution is 2.30. The lowest BCUT2D eigenvalue weighted by Gasteiger charge is -2.12. The highest BCUT2D eigenvalue weighted by atomic mass is 32.1. The second-order valence-corrected chi connectivity index (χ2v) is 5.09. The van der Waals surface area contributed by atoms with Crippen LogP contribution in [-0.4, -0.2) is 25.1 Å². The molecule has 1 amide bonds. The molecular formula is C14H16N2O3S. The molecular weight excluding hydrogens is 276 g/mol. The van der Waals surface area contributed by atoms with E-state index in [9.17, 15) is 4.79 Å². The minimum atomic E-state index is -0.102. The standard InChI is InChI=1S/C14H16N2O3S/c1-9-6-11(18-2)12(19-3)7-10(9)8-13(17)16-14-15-4-5-20-14/h4-7H,8H2,1-3H3,(H,15,16,17). The van der Waals surface area contributed by atoms with Gasteiger partial charge in [-0.15, -0.1) is 11.3 Å². The van der Waals surface area contributed by atoms with Gasteiger partial charge in [-0.3, -0.25) is 4.79 Å². The first-order valence-corrected chi connectivity index (χ1v) is 6.93. The van der Waals surface area contributed by atoms with Crippen LogP contribution in [0.3, 0.4) is 0 Å². The van der Waals surface area contributed by atoms with Gasteiger partial charge in [-0.05, 0) is 30.2 Å². The fourth-order valence-electron chi connectivity index (χ4n) is 1.83. The summed E-state index contributed by atoms with van der Waals surface area (Å²) in [5.74, 6) is 1.18. The molecule has 1 aromatic heterocycles. The first-order chi connectivity index (χ1) is 9.63. The van der Waals surface area contributed by atoms with Gasteiger partial charge in [0.15, 0.2) is 16.6 Å². The average Bonchev–Trinajstić information content (AvgIpc) is 2.93. The van der Waals surface area contributed by atoms with Crippen molar-refractivity contribution in [2.75, 3.05) is 19.5 Å². The van der Waals surface area contributed by atoms with Gasteiger partial charge in [-0.25, -0.2) is 4.98 Å². The Balaban J connectivity index is 2.14. The lowest BCUT2D eigenvalue weighted by molar-refractivity contribution is -0.115. The van der Waals surface area contributed by atoms with Crippen LogP contribution in [0.1, 0.15) is 11.1 Å². The molecule has 20 heavy (non-hydrogen) atoms. The normalized spacial score (nSPS) is 10.2. The largest absolute Gasteiger partial charge is 0.493 e. The van der Waals surface area contributed by atoms with Crippen molar-refractivity contribution in [1.29, 1.82) is 0 Å². The predicted octanol–water partition coefficient (Wildman–Crippen LogP) is 2.65. The van der Waals surface area contributed by atoms with E-state index in [4.69, 9.17) is 9.47 Å². The molecule has 0 radical (unpaired) electrons. The minimum absolute atomic E-state index is 0.102. The molecule has 5 nitrogen and oxygen atoms in total. The van der Waals surface area contributed by atoms with Crippen molar-refractivity contribution < 1.29 is 14.3 Å². The summed E-state index contributed by atoms with van der Waals surface area (Å²) in [4.78, 5) is 16.0. The summed E-state index contributed by atoms with van der Waals surface area (Å²) in [6.07, 6.45) is 1.92. The van der Waals surface area contributed by atoms with Crippen molar-refractivity contribution in [2.45, 2.75) is 13.3 Å². The molecule has 0 spiro atoms. The molecule has 2 aromatic rings. The molecule has 1 aromatic carbocycles. The van der Waals surface area contributed by atoms with E-state index < -0.39 is 0 Å². The highest BCUT2D eigenvalue weighted by Gasteiger charge is 2.12. The third kappa shape index (κ3) is 3.27. The van der Waals surface area contributed by atoms with E-state index >= 15 is 0 Å². The molecule has 0 aliphatic heterocycles. The predicted molar refractivity (Wildman–Crippen MR) is 78.7 cm³/mol. The molecule has 0 saturated carbocycles. The number of aromatic nitrogens is 1. The smallest absolute Gasteiger partial charge is 0.230 e. The van der Waals surface area contributed by atoms with Crippen molar-refractivity contribution in [3.63, 3.8) is 0 Å². The molecule has 0 aliphatic rings. The van der Waals surface area contributed by atoms with Gasteiger partial charge >= 0.3 is 0 Å². The number of carbonyl (C=O) groups is 1. The quantitative estimate of drug-likeness (QED) is 0.920. The van der Waals surface area contributed by atoms with Gasteiger partial charge in [-0.2, -0.15) is 0 Å². The van der Waals surface area contributed by atoms with Crippen molar-refractivity contribution in [3.8, 4) is 11.5 Å². The van der Waals surface area contributed by atoms with Crippen molar-refractivity contribution in [1.82, 2.24) is 4.98 Å². The molecule has 0 aliphatic carbocycles. The number of hydrogen-bond donors (Lipinski definition) is 1. The first-order valence-electron chi connectivity index (χ1n) is 6.05. The summed E-state index contributed by atoms with van der Waals surface area (Å²) in [6, 6.07) is 3.69. The maximum absolute atomic E-state index is 12.0.